The van der Waals surface area contributed by atoms with Crippen molar-refractivity contribution in [1.29, 1.82) is 0 Å². The van der Waals surface area contributed by atoms with E-state index in [4.69, 9.17) is 33.5 Å². The summed E-state index contributed by atoms with van der Waals surface area (Å²) >= 11 is 0. The van der Waals surface area contributed by atoms with E-state index in [-0.39, 0.29) is 29.0 Å². The molecule has 1 unspecified atom stereocenters. The number of ether oxygens (including phenoxy) is 6. The molecule has 2 aromatic carbocycles. The van der Waals surface area contributed by atoms with Crippen LogP contribution in [0.5, 0.6) is 23.0 Å². The normalized spacial score (nSPS) is 33.5. The van der Waals surface area contributed by atoms with E-state index in [1.807, 2.05) is 0 Å². The highest BCUT2D eigenvalue weighted by atomic mass is 16.7. The van der Waals surface area contributed by atoms with E-state index in [9.17, 15) is 54.3 Å². The summed E-state index contributed by atoms with van der Waals surface area (Å²) in [5, 5.41) is 65.4. The number of epoxide rings is 2. The number of aliphatic carboxylic acids is 2. The van der Waals surface area contributed by atoms with Crippen LogP contribution in [-0.2, 0) is 47.7 Å². The third-order valence-corrected chi connectivity index (χ3v) is 11.6. The van der Waals surface area contributed by atoms with E-state index >= 15 is 0 Å². The fourth-order valence-electron chi connectivity index (χ4n) is 8.80. The number of Topliss-reactive ketones (excluding diaryl/α,β-unsaturated/α-hetero) is 2. The molecule has 6 aliphatic rings. The Morgan fingerprint density at radius 1 is 0.714 bits per heavy atom. The molecule has 0 spiro atoms. The standard InChI is InChI=1S/C38H34O18/c1-6-12(31(48)49)32(50)52-34-36(3)22(28(47)30-38(34,5)56-30)26(45)20-16(54-36)10-8-14(24(20)43)13-7-9-15-19(23(13)42)25(44)21-27(46)29-37(4,55-29)33(35(21,2)53-15)51-18(41)11-17(39)40/h7-10,12,29-30,33-34,42-45H,6,11H2,1-5H3,(H,39,40)(H,48,49)/t12?,29-,30-,33+,34+,35+,36+,37-,38-/m0/s1. The zero-order valence-electron chi connectivity index (χ0n) is 30.2. The molecule has 56 heavy (non-hydrogen) atoms. The number of rotatable bonds is 8. The number of aliphatic hydroxyl groups is 2. The maximum absolute atomic E-state index is 13.7. The number of fused-ring (bicyclic) bond motifs is 6. The molecule has 0 aromatic heterocycles. The van der Waals surface area contributed by atoms with E-state index in [0.29, 0.717) is 0 Å². The number of hydrogen-bond acceptors (Lipinski definition) is 16. The van der Waals surface area contributed by atoms with Crippen molar-refractivity contribution in [3.63, 3.8) is 0 Å². The molecule has 4 heterocycles. The highest BCUT2D eigenvalue weighted by Crippen LogP contribution is 2.61. The number of benzene rings is 2. The molecule has 4 aliphatic heterocycles. The first-order chi connectivity index (χ1) is 26.1. The largest absolute Gasteiger partial charge is 0.506 e. The minimum atomic E-state index is -1.93. The van der Waals surface area contributed by atoms with Crippen molar-refractivity contribution in [3.05, 3.63) is 46.5 Å². The third kappa shape index (κ3) is 4.68. The average molecular weight is 779 g/mol. The lowest BCUT2D eigenvalue weighted by atomic mass is 9.70. The molecule has 0 radical (unpaired) electrons. The highest BCUT2D eigenvalue weighted by molar-refractivity contribution is 6.12. The molecular formula is C38H34O18. The number of phenols is 2. The predicted molar refractivity (Wildman–Crippen MR) is 182 cm³/mol. The second-order valence-corrected chi connectivity index (χ2v) is 15.2. The first-order valence-electron chi connectivity index (χ1n) is 17.4. The summed E-state index contributed by atoms with van der Waals surface area (Å²) in [6.45, 7) is 7.12. The second-order valence-electron chi connectivity index (χ2n) is 15.2. The van der Waals surface area contributed by atoms with Gasteiger partial charge in [-0.25, -0.2) is 0 Å². The number of carboxylic acid groups (broad SMARTS) is 2. The lowest BCUT2D eigenvalue weighted by Gasteiger charge is -2.45. The van der Waals surface area contributed by atoms with Crippen LogP contribution in [0, 0.1) is 5.92 Å². The summed E-state index contributed by atoms with van der Waals surface area (Å²) in [5.41, 5.74) is -8.66. The van der Waals surface area contributed by atoms with Crippen molar-refractivity contribution in [3.8, 4) is 34.1 Å². The number of carboxylic acids is 2. The summed E-state index contributed by atoms with van der Waals surface area (Å²) in [6.07, 6.45) is -6.37. The van der Waals surface area contributed by atoms with Gasteiger partial charge in [0.2, 0.25) is 0 Å². The van der Waals surface area contributed by atoms with Crippen molar-refractivity contribution >= 4 is 47.0 Å². The number of hydrogen-bond donors (Lipinski definition) is 6. The maximum atomic E-state index is 13.7. The quantitative estimate of drug-likeness (QED) is 0.127. The minimum Gasteiger partial charge on any atom is -0.506 e. The van der Waals surface area contributed by atoms with Gasteiger partial charge in [-0.15, -0.1) is 0 Å². The molecule has 0 bridgehead atoms. The monoisotopic (exact) mass is 778 g/mol. The van der Waals surface area contributed by atoms with Crippen LogP contribution in [0.25, 0.3) is 22.6 Å². The Morgan fingerprint density at radius 3 is 1.54 bits per heavy atom. The van der Waals surface area contributed by atoms with Crippen LogP contribution >= 0.6 is 0 Å². The van der Waals surface area contributed by atoms with E-state index in [0.717, 1.165) is 0 Å². The number of aliphatic hydroxyl groups excluding tert-OH is 2. The van der Waals surface area contributed by atoms with E-state index in [1.165, 1.54) is 58.9 Å². The molecule has 2 saturated heterocycles. The molecule has 18 nitrogen and oxygen atoms in total. The van der Waals surface area contributed by atoms with Gasteiger partial charge in [-0.2, -0.15) is 0 Å². The van der Waals surface area contributed by atoms with Crippen molar-refractivity contribution in [2.24, 2.45) is 5.92 Å². The summed E-state index contributed by atoms with van der Waals surface area (Å²) in [4.78, 5) is 75.8. The van der Waals surface area contributed by atoms with Crippen LogP contribution in [0.3, 0.4) is 0 Å². The minimum absolute atomic E-state index is 0.100. The zero-order chi connectivity index (χ0) is 40.8. The molecule has 294 valence electrons. The van der Waals surface area contributed by atoms with Crippen molar-refractivity contribution in [2.45, 2.75) is 94.3 Å². The first-order valence-corrected chi connectivity index (χ1v) is 17.4. The van der Waals surface area contributed by atoms with Gasteiger partial charge in [0.25, 0.3) is 0 Å². The lowest BCUT2D eigenvalue weighted by Crippen LogP contribution is -2.62. The molecule has 2 aromatic rings. The Balaban J connectivity index is 1.20. The SMILES string of the molecule is CCC(C(=O)O)C(=O)O[C@H]1[C@@]2(C)O[C@H]2C(=O)C2=C(O)c3c(ccc(-c4ccc5c(c4O)C(O)=C4C(=O)[C@@H]6O[C@]6(C)[C@H](OC(=O)CC(=O)O)[C@]4(C)O5)c3O)O[C@]21C. The summed E-state index contributed by atoms with van der Waals surface area (Å²) in [6, 6.07) is 5.13. The second kappa shape index (κ2) is 11.5. The van der Waals surface area contributed by atoms with Gasteiger partial charge in [0.15, 0.2) is 53.1 Å². The maximum Gasteiger partial charge on any atom is 0.320 e. The topological polar surface area (TPSA) is 286 Å². The number of ketones is 2. The van der Waals surface area contributed by atoms with E-state index in [1.54, 1.807) is 0 Å². The number of phenolic OH excluding ortho intramolecular Hbond substituents is 2. The van der Waals surface area contributed by atoms with Gasteiger partial charge in [-0.1, -0.05) is 6.92 Å². The third-order valence-electron chi connectivity index (χ3n) is 11.6. The van der Waals surface area contributed by atoms with Crippen LogP contribution < -0.4 is 9.47 Å². The average Bonchev–Trinajstić information content (AvgIpc) is 3.99. The van der Waals surface area contributed by atoms with Gasteiger partial charge in [0.1, 0.15) is 63.3 Å². The van der Waals surface area contributed by atoms with Gasteiger partial charge in [0, 0.05) is 11.1 Å². The fraction of sp³-hybridized carbons (Fsp3) is 0.421. The molecular weight excluding hydrogens is 744 g/mol. The Labute approximate surface area is 315 Å². The Bertz CT molecular complexity index is 2320. The number of esters is 2. The molecule has 0 amide bonds. The number of aromatic hydroxyl groups is 2. The summed E-state index contributed by atoms with van der Waals surface area (Å²) < 4.78 is 34.8. The number of carbonyl (C=O) groups is 6. The van der Waals surface area contributed by atoms with Gasteiger partial charge in [0.05, 0.1) is 11.1 Å². The molecule has 4 fully saturated rings. The van der Waals surface area contributed by atoms with E-state index < -0.39 is 140 Å². The van der Waals surface area contributed by atoms with Crippen molar-refractivity contribution in [1.82, 2.24) is 0 Å². The summed E-state index contributed by atoms with van der Waals surface area (Å²) in [5.74, 6) is -11.5. The molecule has 9 atom stereocenters. The van der Waals surface area contributed by atoms with Crippen molar-refractivity contribution < 1.29 is 87.8 Å². The van der Waals surface area contributed by atoms with E-state index in [2.05, 4.69) is 0 Å². The van der Waals surface area contributed by atoms with Gasteiger partial charge >= 0.3 is 23.9 Å². The molecule has 8 rings (SSSR count). The van der Waals surface area contributed by atoms with Gasteiger partial charge in [-0.3, -0.25) is 28.8 Å². The molecule has 18 heteroatoms. The predicted octanol–water partition coefficient (Wildman–Crippen LogP) is 2.49. The smallest absolute Gasteiger partial charge is 0.320 e. The van der Waals surface area contributed by atoms with Crippen LogP contribution in [0.1, 0.15) is 58.6 Å². The number of carbonyl (C=O) groups excluding carboxylic acids is 4. The van der Waals surface area contributed by atoms with Gasteiger partial charge < -0.3 is 59.1 Å². The Kier molecular flexibility index (Phi) is 7.53. The van der Waals surface area contributed by atoms with Crippen LogP contribution in [0.4, 0.5) is 0 Å². The Hall–Kier alpha value is -6.14. The first kappa shape index (κ1) is 36.8. The van der Waals surface area contributed by atoms with Crippen molar-refractivity contribution in [2.75, 3.05) is 0 Å². The zero-order valence-corrected chi connectivity index (χ0v) is 30.2. The lowest BCUT2D eigenvalue weighted by molar-refractivity contribution is -0.176. The fourth-order valence-corrected chi connectivity index (χ4v) is 8.80. The van der Waals surface area contributed by atoms with Gasteiger partial charge in [-0.05, 0) is 58.4 Å². The molecule has 2 saturated carbocycles. The van der Waals surface area contributed by atoms with Crippen LogP contribution in [0.15, 0.2) is 35.4 Å². The summed E-state index contributed by atoms with van der Waals surface area (Å²) in [7, 11) is 0. The highest BCUT2D eigenvalue weighted by Gasteiger charge is 2.77. The molecule has 2 aliphatic carbocycles. The Morgan fingerprint density at radius 2 is 1.14 bits per heavy atom. The van der Waals surface area contributed by atoms with Crippen LogP contribution in [0.2, 0.25) is 0 Å². The molecule has 6 N–H and O–H groups in total. The van der Waals surface area contributed by atoms with Crippen LogP contribution in [-0.4, -0.2) is 113 Å².